The fourth-order valence-corrected chi connectivity index (χ4v) is 3.55. The first-order chi connectivity index (χ1) is 20.4. The van der Waals surface area contributed by atoms with Gasteiger partial charge >= 0.3 is 17.9 Å². The third-order valence-corrected chi connectivity index (χ3v) is 5.75. The van der Waals surface area contributed by atoms with Gasteiger partial charge in [0.05, 0.1) is 7.11 Å². The Hall–Kier alpha value is -3.68. The van der Waals surface area contributed by atoms with E-state index < -0.39 is 41.6 Å². The number of allylic oxidation sites excluding steroid dienone is 12. The number of ether oxygens (including phenoxy) is 3. The highest BCUT2D eigenvalue weighted by atomic mass is 16.6. The number of hydrogen-bond acceptors (Lipinski definition) is 7. The van der Waals surface area contributed by atoms with Crippen molar-refractivity contribution in [1.29, 1.82) is 0 Å². The fraction of sp³-hybridized carbons (Fsp3) is 0.543. The number of nitrogens with one attached hydrogen (secondary N) is 1. The summed E-state index contributed by atoms with van der Waals surface area (Å²) in [5.74, 6) is -4.25. The lowest BCUT2D eigenvalue weighted by Gasteiger charge is -2.26. The lowest BCUT2D eigenvalue weighted by Crippen LogP contribution is -2.45. The van der Waals surface area contributed by atoms with Crippen LogP contribution in [-0.4, -0.2) is 48.7 Å². The van der Waals surface area contributed by atoms with Crippen molar-refractivity contribution in [2.45, 2.75) is 111 Å². The zero-order valence-electron chi connectivity index (χ0n) is 27.2. The molecular weight excluding hydrogens is 546 g/mol. The molecule has 0 radical (unpaired) electrons. The maximum absolute atomic E-state index is 12.5. The van der Waals surface area contributed by atoms with Gasteiger partial charge in [0, 0.05) is 6.42 Å². The summed E-state index contributed by atoms with van der Waals surface area (Å²) in [5.41, 5.74) is -0.836. The van der Waals surface area contributed by atoms with E-state index in [1.165, 1.54) is 13.8 Å². The van der Waals surface area contributed by atoms with Crippen molar-refractivity contribution in [3.05, 3.63) is 72.9 Å². The van der Waals surface area contributed by atoms with Gasteiger partial charge in [0.1, 0.15) is 17.7 Å². The van der Waals surface area contributed by atoms with E-state index in [-0.39, 0.29) is 12.3 Å². The highest BCUT2D eigenvalue weighted by molar-refractivity contribution is 5.96. The average Bonchev–Trinajstić information content (AvgIpc) is 2.93. The van der Waals surface area contributed by atoms with Crippen LogP contribution in [0.15, 0.2) is 72.9 Å². The van der Waals surface area contributed by atoms with Crippen molar-refractivity contribution in [2.24, 2.45) is 5.92 Å². The van der Waals surface area contributed by atoms with E-state index >= 15 is 0 Å². The van der Waals surface area contributed by atoms with E-state index in [0.717, 1.165) is 45.6 Å². The molecular formula is C35H53NO7. The van der Waals surface area contributed by atoms with Crippen molar-refractivity contribution < 1.29 is 33.4 Å². The third kappa shape index (κ3) is 21.7. The predicted octanol–water partition coefficient (Wildman–Crippen LogP) is 7.03. The average molecular weight is 600 g/mol. The van der Waals surface area contributed by atoms with Crippen LogP contribution in [0, 0.1) is 5.92 Å². The van der Waals surface area contributed by atoms with E-state index in [1.54, 1.807) is 20.8 Å². The summed E-state index contributed by atoms with van der Waals surface area (Å²) in [6.07, 6.45) is 30.7. The summed E-state index contributed by atoms with van der Waals surface area (Å²) in [5, 5.41) is 2.58. The molecule has 43 heavy (non-hydrogen) atoms. The molecule has 0 aliphatic carbocycles. The van der Waals surface area contributed by atoms with Crippen LogP contribution < -0.4 is 5.32 Å². The predicted molar refractivity (Wildman–Crippen MR) is 172 cm³/mol. The molecule has 0 rings (SSSR count). The lowest BCUT2D eigenvalue weighted by molar-refractivity contribution is -0.177. The minimum absolute atomic E-state index is 0.206. The summed E-state index contributed by atoms with van der Waals surface area (Å²) in [7, 11) is 1.13. The van der Waals surface area contributed by atoms with E-state index in [0.29, 0.717) is 6.42 Å². The van der Waals surface area contributed by atoms with Gasteiger partial charge in [-0.05, 0) is 79.6 Å². The number of carbonyl (C=O) groups is 4. The van der Waals surface area contributed by atoms with Gasteiger partial charge in [-0.1, -0.05) is 79.8 Å². The second-order valence-corrected chi connectivity index (χ2v) is 10.9. The van der Waals surface area contributed by atoms with Gasteiger partial charge < -0.3 is 19.5 Å². The molecule has 8 heteroatoms. The Morgan fingerprint density at radius 1 is 0.674 bits per heavy atom. The maximum atomic E-state index is 12.5. The second-order valence-electron chi connectivity index (χ2n) is 10.9. The molecule has 0 saturated carbocycles. The highest BCUT2D eigenvalue weighted by Gasteiger charge is 2.39. The number of carbonyl (C=O) groups excluding carboxylic acids is 4. The van der Waals surface area contributed by atoms with Gasteiger partial charge in [0.15, 0.2) is 5.92 Å². The largest absolute Gasteiger partial charge is 0.468 e. The van der Waals surface area contributed by atoms with Crippen LogP contribution in [0.1, 0.15) is 92.9 Å². The van der Waals surface area contributed by atoms with Crippen LogP contribution in [0.3, 0.4) is 0 Å². The van der Waals surface area contributed by atoms with E-state index in [1.807, 2.05) is 12.2 Å². The first kappa shape index (κ1) is 39.3. The molecule has 0 aliphatic rings. The van der Waals surface area contributed by atoms with Crippen LogP contribution in [-0.2, 0) is 33.4 Å². The summed E-state index contributed by atoms with van der Waals surface area (Å²) >= 11 is 0. The van der Waals surface area contributed by atoms with Crippen LogP contribution >= 0.6 is 0 Å². The molecule has 0 spiro atoms. The topological polar surface area (TPSA) is 108 Å². The molecule has 3 atom stereocenters. The Kier molecular flexibility index (Phi) is 21.8. The van der Waals surface area contributed by atoms with Gasteiger partial charge in [-0.15, -0.1) is 0 Å². The summed E-state index contributed by atoms with van der Waals surface area (Å²) in [6.45, 7) is 10.00. The molecule has 0 heterocycles. The van der Waals surface area contributed by atoms with Gasteiger partial charge in [-0.3, -0.25) is 14.4 Å². The Balaban J connectivity index is 4.28. The van der Waals surface area contributed by atoms with Crippen LogP contribution in [0.25, 0.3) is 0 Å². The van der Waals surface area contributed by atoms with Crippen molar-refractivity contribution in [3.8, 4) is 0 Å². The zero-order valence-corrected chi connectivity index (χ0v) is 27.2. The van der Waals surface area contributed by atoms with Crippen molar-refractivity contribution in [2.75, 3.05) is 7.11 Å². The van der Waals surface area contributed by atoms with E-state index in [2.05, 4.69) is 77.7 Å². The van der Waals surface area contributed by atoms with E-state index in [9.17, 15) is 19.2 Å². The van der Waals surface area contributed by atoms with Gasteiger partial charge in [-0.2, -0.15) is 0 Å². The number of esters is 3. The third-order valence-electron chi connectivity index (χ3n) is 5.75. The quantitative estimate of drug-likeness (QED) is 0.0693. The molecule has 0 aromatic rings. The summed E-state index contributed by atoms with van der Waals surface area (Å²) < 4.78 is 15.2. The molecule has 0 saturated heterocycles. The fourth-order valence-electron chi connectivity index (χ4n) is 3.55. The monoisotopic (exact) mass is 599 g/mol. The second kappa shape index (κ2) is 23.8. The summed E-state index contributed by atoms with van der Waals surface area (Å²) in [6, 6.07) is -0.961. The highest BCUT2D eigenvalue weighted by Crippen LogP contribution is 2.18. The first-order valence-corrected chi connectivity index (χ1v) is 15.1. The zero-order chi connectivity index (χ0) is 32.5. The maximum Gasteiger partial charge on any atom is 0.328 e. The smallest absolute Gasteiger partial charge is 0.328 e. The summed E-state index contributed by atoms with van der Waals surface area (Å²) in [4.78, 5) is 49.4. The molecule has 0 aromatic heterocycles. The molecule has 0 bridgehead atoms. The molecule has 1 unspecified atom stereocenters. The molecule has 240 valence electrons. The SMILES string of the molecule is CCC=CCC=CCC=CCC=CCC=CCC=CCCC(=O)NC(C)C(=O)O[C@H](C)[C@@H](C(=O)OC)C(=O)OC(C)(C)C. The normalized spacial score (nSPS) is 14.7. The number of amides is 1. The van der Waals surface area contributed by atoms with E-state index in [4.69, 9.17) is 9.47 Å². The Labute approximate surface area is 259 Å². The Morgan fingerprint density at radius 3 is 1.53 bits per heavy atom. The Morgan fingerprint density at radius 2 is 1.12 bits per heavy atom. The van der Waals surface area contributed by atoms with Crippen molar-refractivity contribution >= 4 is 23.8 Å². The number of rotatable bonds is 20. The van der Waals surface area contributed by atoms with Gasteiger partial charge in [-0.25, -0.2) is 4.79 Å². The molecule has 0 fully saturated rings. The van der Waals surface area contributed by atoms with Crippen LogP contribution in [0.2, 0.25) is 0 Å². The number of methoxy groups -OCH3 is 1. The van der Waals surface area contributed by atoms with Gasteiger partial charge in [0.25, 0.3) is 0 Å². The van der Waals surface area contributed by atoms with Crippen molar-refractivity contribution in [3.63, 3.8) is 0 Å². The molecule has 1 amide bonds. The molecule has 1 N–H and O–H groups in total. The molecule has 0 aromatic carbocycles. The van der Waals surface area contributed by atoms with Crippen LogP contribution in [0.5, 0.6) is 0 Å². The molecule has 8 nitrogen and oxygen atoms in total. The van der Waals surface area contributed by atoms with Gasteiger partial charge in [0.2, 0.25) is 5.91 Å². The lowest BCUT2D eigenvalue weighted by atomic mass is 10.0. The number of hydrogen-bond donors (Lipinski definition) is 1. The van der Waals surface area contributed by atoms with Crippen molar-refractivity contribution in [1.82, 2.24) is 5.32 Å². The molecule has 0 aliphatic heterocycles. The standard InChI is InChI=1S/C35H53NO7/c1-8-9-10-11-12-13-14-15-16-17-18-19-20-21-22-23-24-25-26-27-30(37)36-28(2)32(38)42-29(3)31(33(39)41-7)34(40)43-35(4,5)6/h9-10,12-13,15-16,18-19,21-22,24-25,28-29,31H,8,11,14,17,20,23,26-27H2,1-7H3,(H,36,37)/t28?,29-,31+/m1/s1. The van der Waals surface area contributed by atoms with Crippen LogP contribution in [0.4, 0.5) is 0 Å². The minimum atomic E-state index is -1.44. The Bertz CT molecular complexity index is 1010. The first-order valence-electron chi connectivity index (χ1n) is 15.1. The minimum Gasteiger partial charge on any atom is -0.468 e.